The van der Waals surface area contributed by atoms with E-state index in [1.54, 1.807) is 0 Å². The van der Waals surface area contributed by atoms with E-state index in [0.717, 1.165) is 18.3 Å². The van der Waals surface area contributed by atoms with E-state index in [1.807, 2.05) is 49.3 Å². The van der Waals surface area contributed by atoms with Gasteiger partial charge in [-0.25, -0.2) is 4.68 Å². The van der Waals surface area contributed by atoms with Gasteiger partial charge >= 0.3 is 6.55 Å². The average molecular weight is 322 g/mol. The van der Waals surface area contributed by atoms with E-state index >= 15 is 0 Å². The summed E-state index contributed by atoms with van der Waals surface area (Å²) in [6, 6.07) is 10.6. The van der Waals surface area contributed by atoms with Crippen molar-refractivity contribution < 1.29 is 13.6 Å². The van der Waals surface area contributed by atoms with Gasteiger partial charge in [0.15, 0.2) is 0 Å². The van der Waals surface area contributed by atoms with Crippen LogP contribution in [-0.2, 0) is 0 Å². The van der Waals surface area contributed by atoms with Crippen LogP contribution < -0.4 is 5.32 Å². The molecule has 1 aromatic heterocycles. The number of carbonyl (C=O) groups is 1. The summed E-state index contributed by atoms with van der Waals surface area (Å²) in [6.45, 7) is -1.97. The number of aromatic nitrogens is 2. The highest BCUT2D eigenvalue weighted by Gasteiger charge is 2.18. The van der Waals surface area contributed by atoms with Crippen LogP contribution in [0.4, 0.5) is 8.78 Å². The van der Waals surface area contributed by atoms with Gasteiger partial charge in [0.05, 0.1) is 6.04 Å². The van der Waals surface area contributed by atoms with Crippen molar-refractivity contribution >= 4 is 5.91 Å². The summed E-state index contributed by atoms with van der Waals surface area (Å²) in [5, 5.41) is 6.47. The van der Waals surface area contributed by atoms with E-state index in [4.69, 9.17) is 0 Å². The SMILES string of the molecule is CN(C)CC[C@H](NC(=O)c1ccn(C(F)F)n1)c1ccccc1. The number of carbonyl (C=O) groups excluding carboxylic acids is 1. The lowest BCUT2D eigenvalue weighted by Gasteiger charge is -2.20. The van der Waals surface area contributed by atoms with Crippen molar-refractivity contribution in [3.05, 3.63) is 53.9 Å². The second kappa shape index (κ2) is 7.82. The lowest BCUT2D eigenvalue weighted by atomic mass is 10.0. The summed E-state index contributed by atoms with van der Waals surface area (Å²) in [5.74, 6) is -0.461. The van der Waals surface area contributed by atoms with Gasteiger partial charge in [0.2, 0.25) is 0 Å². The van der Waals surface area contributed by atoms with Crippen LogP contribution in [0.2, 0.25) is 0 Å². The minimum atomic E-state index is -2.75. The zero-order valence-electron chi connectivity index (χ0n) is 13.1. The Morgan fingerprint density at radius 3 is 2.52 bits per heavy atom. The van der Waals surface area contributed by atoms with Crippen molar-refractivity contribution in [1.82, 2.24) is 20.0 Å². The molecule has 7 heteroatoms. The summed E-state index contributed by atoms with van der Waals surface area (Å²) in [7, 11) is 3.91. The molecule has 23 heavy (non-hydrogen) atoms. The van der Waals surface area contributed by atoms with E-state index < -0.39 is 12.5 Å². The molecule has 2 aromatic rings. The fraction of sp³-hybridized carbons (Fsp3) is 0.375. The number of nitrogens with zero attached hydrogens (tertiary/aromatic N) is 3. The lowest BCUT2D eigenvalue weighted by molar-refractivity contribution is 0.0559. The fourth-order valence-corrected chi connectivity index (χ4v) is 2.19. The Labute approximate surface area is 133 Å². The molecule has 0 aliphatic heterocycles. The molecular weight excluding hydrogens is 302 g/mol. The quantitative estimate of drug-likeness (QED) is 0.853. The second-order valence-electron chi connectivity index (χ2n) is 5.49. The highest BCUT2D eigenvalue weighted by Crippen LogP contribution is 2.18. The Morgan fingerprint density at radius 2 is 1.96 bits per heavy atom. The predicted octanol–water partition coefficient (Wildman–Crippen LogP) is 2.70. The molecule has 1 aromatic carbocycles. The van der Waals surface area contributed by atoms with Crippen LogP contribution in [0.3, 0.4) is 0 Å². The maximum absolute atomic E-state index is 12.5. The van der Waals surface area contributed by atoms with E-state index in [2.05, 4.69) is 10.4 Å². The largest absolute Gasteiger partial charge is 0.344 e. The topological polar surface area (TPSA) is 50.2 Å². The monoisotopic (exact) mass is 322 g/mol. The van der Waals surface area contributed by atoms with E-state index in [1.165, 1.54) is 6.07 Å². The molecule has 0 radical (unpaired) electrons. The van der Waals surface area contributed by atoms with Crippen LogP contribution in [0.1, 0.15) is 35.1 Å². The Bertz CT molecular complexity index is 628. The van der Waals surface area contributed by atoms with Crippen LogP contribution in [0, 0.1) is 0 Å². The maximum Gasteiger partial charge on any atom is 0.333 e. The smallest absolute Gasteiger partial charge is 0.333 e. The van der Waals surface area contributed by atoms with E-state index in [0.29, 0.717) is 11.1 Å². The molecule has 1 amide bonds. The second-order valence-corrected chi connectivity index (χ2v) is 5.49. The minimum Gasteiger partial charge on any atom is -0.344 e. The summed E-state index contributed by atoms with van der Waals surface area (Å²) < 4.78 is 25.6. The van der Waals surface area contributed by atoms with Gasteiger partial charge in [-0.2, -0.15) is 13.9 Å². The van der Waals surface area contributed by atoms with Crippen molar-refractivity contribution in [2.45, 2.75) is 19.0 Å². The highest BCUT2D eigenvalue weighted by atomic mass is 19.3. The van der Waals surface area contributed by atoms with Crippen LogP contribution in [-0.4, -0.2) is 41.2 Å². The molecule has 0 fully saturated rings. The van der Waals surface area contributed by atoms with Crippen LogP contribution >= 0.6 is 0 Å². The number of hydrogen-bond donors (Lipinski definition) is 1. The summed E-state index contributed by atoms with van der Waals surface area (Å²) in [5.41, 5.74) is 0.951. The molecule has 1 atom stereocenters. The fourth-order valence-electron chi connectivity index (χ4n) is 2.19. The van der Waals surface area contributed by atoms with Gasteiger partial charge in [0.25, 0.3) is 5.91 Å². The third-order valence-corrected chi connectivity index (χ3v) is 3.41. The molecule has 5 nitrogen and oxygen atoms in total. The van der Waals surface area contributed by atoms with Gasteiger partial charge in [-0.05, 0) is 38.7 Å². The van der Waals surface area contributed by atoms with E-state index in [-0.39, 0.29) is 11.7 Å². The molecule has 1 N–H and O–H groups in total. The number of alkyl halides is 2. The van der Waals surface area contributed by atoms with Crippen molar-refractivity contribution in [3.63, 3.8) is 0 Å². The summed E-state index contributed by atoms with van der Waals surface area (Å²) in [4.78, 5) is 14.3. The molecule has 1 heterocycles. The van der Waals surface area contributed by atoms with E-state index in [9.17, 15) is 13.6 Å². The number of benzene rings is 1. The predicted molar refractivity (Wildman–Crippen MR) is 83.3 cm³/mol. The van der Waals surface area contributed by atoms with Crippen LogP contribution in [0.15, 0.2) is 42.6 Å². The van der Waals surface area contributed by atoms with Crippen molar-refractivity contribution in [3.8, 4) is 0 Å². The maximum atomic E-state index is 12.5. The van der Waals surface area contributed by atoms with Crippen molar-refractivity contribution in [2.75, 3.05) is 20.6 Å². The Morgan fingerprint density at radius 1 is 1.26 bits per heavy atom. The molecule has 0 spiro atoms. The number of hydrogen-bond acceptors (Lipinski definition) is 3. The minimum absolute atomic E-state index is 0.0175. The number of rotatable bonds is 7. The first-order valence-electron chi connectivity index (χ1n) is 7.31. The lowest BCUT2D eigenvalue weighted by Crippen LogP contribution is -2.31. The molecule has 0 saturated carbocycles. The summed E-state index contributed by atoms with van der Waals surface area (Å²) >= 11 is 0. The highest BCUT2D eigenvalue weighted by molar-refractivity contribution is 5.92. The Hall–Kier alpha value is -2.28. The Kier molecular flexibility index (Phi) is 5.81. The number of amides is 1. The van der Waals surface area contributed by atoms with Crippen LogP contribution in [0.5, 0.6) is 0 Å². The molecular formula is C16H20F2N4O. The van der Waals surface area contributed by atoms with Crippen molar-refractivity contribution in [1.29, 1.82) is 0 Å². The molecule has 0 aliphatic rings. The third kappa shape index (κ3) is 4.85. The van der Waals surface area contributed by atoms with Crippen molar-refractivity contribution in [2.24, 2.45) is 0 Å². The zero-order chi connectivity index (χ0) is 16.8. The zero-order valence-corrected chi connectivity index (χ0v) is 13.1. The first-order chi connectivity index (χ1) is 11.0. The van der Waals surface area contributed by atoms with Gasteiger partial charge in [-0.3, -0.25) is 4.79 Å². The van der Waals surface area contributed by atoms with Gasteiger partial charge < -0.3 is 10.2 Å². The van der Waals surface area contributed by atoms with Gasteiger partial charge in [-0.15, -0.1) is 0 Å². The molecule has 0 saturated heterocycles. The van der Waals surface area contributed by atoms with Gasteiger partial charge in [0.1, 0.15) is 5.69 Å². The van der Waals surface area contributed by atoms with Gasteiger partial charge in [-0.1, -0.05) is 30.3 Å². The number of halogens is 2. The van der Waals surface area contributed by atoms with Gasteiger partial charge in [0, 0.05) is 6.20 Å². The summed E-state index contributed by atoms with van der Waals surface area (Å²) in [6.07, 6.45) is 1.80. The molecule has 0 aliphatic carbocycles. The molecule has 0 unspecified atom stereocenters. The Balaban J connectivity index is 2.11. The standard InChI is InChI=1S/C16H20F2N4O/c1-21(2)10-8-13(12-6-4-3-5-7-12)19-15(23)14-9-11-22(20-14)16(17)18/h3-7,9,11,13,16H,8,10H2,1-2H3,(H,19,23)/t13-/m0/s1. The average Bonchev–Trinajstić information content (AvgIpc) is 3.02. The molecule has 124 valence electrons. The third-order valence-electron chi connectivity index (χ3n) is 3.41. The molecule has 2 rings (SSSR count). The first-order valence-corrected chi connectivity index (χ1v) is 7.31. The molecule has 0 bridgehead atoms. The first kappa shape index (κ1) is 17.1. The normalized spacial score (nSPS) is 12.6. The number of nitrogens with one attached hydrogen (secondary N) is 1. The van der Waals surface area contributed by atoms with Crippen LogP contribution in [0.25, 0.3) is 0 Å².